The molecule has 0 saturated heterocycles. The number of hydrogen-bond donors (Lipinski definition) is 0. The summed E-state index contributed by atoms with van der Waals surface area (Å²) in [4.78, 5) is 17.8. The van der Waals surface area contributed by atoms with Gasteiger partial charge < -0.3 is 4.90 Å². The molecule has 2 rings (SSSR count). The molecule has 1 amide bonds. The van der Waals surface area contributed by atoms with Crippen LogP contribution < -0.4 is 4.90 Å². The Hall–Kier alpha value is -1.94. The molecule has 21 heavy (non-hydrogen) atoms. The van der Waals surface area contributed by atoms with Crippen LogP contribution in [0.15, 0.2) is 36.5 Å². The third-order valence-corrected chi connectivity index (χ3v) is 3.40. The van der Waals surface area contributed by atoms with Crippen LogP contribution in [0.3, 0.4) is 0 Å². The van der Waals surface area contributed by atoms with Crippen LogP contribution in [-0.2, 0) is 4.79 Å². The lowest BCUT2D eigenvalue weighted by molar-refractivity contribution is -0.121. The molecular weight excluding hydrogens is 291 g/mol. The van der Waals surface area contributed by atoms with Gasteiger partial charge in [0.15, 0.2) is 0 Å². The van der Waals surface area contributed by atoms with Crippen LogP contribution in [0.1, 0.15) is 13.8 Å². The van der Waals surface area contributed by atoms with Crippen molar-refractivity contribution in [3.8, 4) is 11.1 Å². The Morgan fingerprint density at radius 3 is 2.48 bits per heavy atom. The van der Waals surface area contributed by atoms with Crippen LogP contribution in [0, 0.1) is 11.7 Å². The van der Waals surface area contributed by atoms with Crippen molar-refractivity contribution in [1.82, 2.24) is 4.98 Å². The molecule has 0 saturated carbocycles. The maximum Gasteiger partial charge on any atom is 0.229 e. The van der Waals surface area contributed by atoms with Gasteiger partial charge in [0, 0.05) is 18.5 Å². The van der Waals surface area contributed by atoms with E-state index in [4.69, 9.17) is 11.6 Å². The quantitative estimate of drug-likeness (QED) is 0.798. The molecule has 0 aliphatic heterocycles. The van der Waals surface area contributed by atoms with Crippen molar-refractivity contribution in [2.75, 3.05) is 11.9 Å². The number of carbonyl (C=O) groups excluding carboxylic acids is 1. The SMILES string of the molecule is CC(C)C(=O)N(C)c1cnc(Cl)cc1-c1ccc(F)cc1. The Morgan fingerprint density at radius 2 is 1.90 bits per heavy atom. The summed E-state index contributed by atoms with van der Waals surface area (Å²) in [6, 6.07) is 7.72. The number of anilines is 1. The Morgan fingerprint density at radius 1 is 1.29 bits per heavy atom. The number of hydrogen-bond acceptors (Lipinski definition) is 2. The van der Waals surface area contributed by atoms with E-state index in [9.17, 15) is 9.18 Å². The molecule has 0 atom stereocenters. The lowest BCUT2D eigenvalue weighted by atomic mass is 10.0. The number of amides is 1. The van der Waals surface area contributed by atoms with Crippen LogP contribution in [0.5, 0.6) is 0 Å². The van der Waals surface area contributed by atoms with Gasteiger partial charge in [-0.3, -0.25) is 4.79 Å². The zero-order valence-electron chi connectivity index (χ0n) is 12.1. The van der Waals surface area contributed by atoms with E-state index in [0.29, 0.717) is 10.8 Å². The summed E-state index contributed by atoms with van der Waals surface area (Å²) in [5, 5.41) is 0.323. The van der Waals surface area contributed by atoms with E-state index in [1.165, 1.54) is 12.1 Å². The summed E-state index contributed by atoms with van der Waals surface area (Å²) >= 11 is 5.96. The third-order valence-electron chi connectivity index (χ3n) is 3.19. The fourth-order valence-corrected chi connectivity index (χ4v) is 2.21. The second-order valence-electron chi connectivity index (χ2n) is 5.08. The molecular formula is C16H16ClFN2O. The molecule has 1 heterocycles. The normalized spacial score (nSPS) is 10.8. The highest BCUT2D eigenvalue weighted by Gasteiger charge is 2.19. The molecule has 0 N–H and O–H groups in total. The number of rotatable bonds is 3. The molecule has 0 aliphatic rings. The van der Waals surface area contributed by atoms with E-state index in [1.807, 2.05) is 13.8 Å². The van der Waals surface area contributed by atoms with Crippen LogP contribution >= 0.6 is 11.6 Å². The molecule has 1 aromatic carbocycles. The molecule has 0 fully saturated rings. The maximum absolute atomic E-state index is 13.1. The van der Waals surface area contributed by atoms with Crippen LogP contribution in [-0.4, -0.2) is 17.9 Å². The van der Waals surface area contributed by atoms with E-state index in [0.717, 1.165) is 11.1 Å². The number of carbonyl (C=O) groups is 1. The van der Waals surface area contributed by atoms with Crippen molar-refractivity contribution in [1.29, 1.82) is 0 Å². The predicted octanol–water partition coefficient (Wildman–Crippen LogP) is 4.16. The van der Waals surface area contributed by atoms with Crippen LogP contribution in [0.25, 0.3) is 11.1 Å². The topological polar surface area (TPSA) is 33.2 Å². The van der Waals surface area contributed by atoms with E-state index in [-0.39, 0.29) is 17.6 Å². The number of benzene rings is 1. The predicted molar refractivity (Wildman–Crippen MR) is 82.9 cm³/mol. The fourth-order valence-electron chi connectivity index (χ4n) is 2.06. The minimum absolute atomic E-state index is 0.0255. The van der Waals surface area contributed by atoms with Gasteiger partial charge in [-0.05, 0) is 23.8 Å². The van der Waals surface area contributed by atoms with E-state index >= 15 is 0 Å². The van der Waals surface area contributed by atoms with Crippen LogP contribution in [0.2, 0.25) is 5.15 Å². The van der Waals surface area contributed by atoms with Crippen LogP contribution in [0.4, 0.5) is 10.1 Å². The van der Waals surface area contributed by atoms with Gasteiger partial charge in [0.2, 0.25) is 5.91 Å². The van der Waals surface area contributed by atoms with E-state index in [1.54, 1.807) is 36.3 Å². The van der Waals surface area contributed by atoms with Gasteiger partial charge in [0.1, 0.15) is 11.0 Å². The first-order valence-electron chi connectivity index (χ1n) is 6.59. The molecule has 0 unspecified atom stereocenters. The monoisotopic (exact) mass is 306 g/mol. The largest absolute Gasteiger partial charge is 0.313 e. The van der Waals surface area contributed by atoms with Gasteiger partial charge in [-0.15, -0.1) is 0 Å². The van der Waals surface area contributed by atoms with Gasteiger partial charge in [-0.25, -0.2) is 9.37 Å². The van der Waals surface area contributed by atoms with Gasteiger partial charge in [-0.1, -0.05) is 37.6 Å². The minimum atomic E-state index is -0.313. The van der Waals surface area contributed by atoms with Crippen molar-refractivity contribution >= 4 is 23.2 Å². The highest BCUT2D eigenvalue weighted by Crippen LogP contribution is 2.32. The molecule has 0 radical (unpaired) electrons. The molecule has 1 aromatic heterocycles. The zero-order valence-corrected chi connectivity index (χ0v) is 12.9. The summed E-state index contributed by atoms with van der Waals surface area (Å²) in [6.07, 6.45) is 1.56. The molecule has 2 aromatic rings. The minimum Gasteiger partial charge on any atom is -0.313 e. The molecule has 5 heteroatoms. The highest BCUT2D eigenvalue weighted by atomic mass is 35.5. The first kappa shape index (κ1) is 15.4. The number of halogens is 2. The molecule has 110 valence electrons. The summed E-state index contributed by atoms with van der Waals surface area (Å²) in [7, 11) is 1.69. The number of aromatic nitrogens is 1. The molecule has 3 nitrogen and oxygen atoms in total. The lowest BCUT2D eigenvalue weighted by Gasteiger charge is -2.22. The van der Waals surface area contributed by atoms with Crippen molar-refractivity contribution in [2.45, 2.75) is 13.8 Å². The molecule has 0 aliphatic carbocycles. The average Bonchev–Trinajstić information content (AvgIpc) is 2.46. The van der Waals surface area contributed by atoms with E-state index < -0.39 is 0 Å². The second kappa shape index (κ2) is 6.22. The van der Waals surface area contributed by atoms with Gasteiger partial charge in [0.05, 0.1) is 11.9 Å². The van der Waals surface area contributed by atoms with Crippen molar-refractivity contribution < 1.29 is 9.18 Å². The Bertz CT molecular complexity index is 656. The smallest absolute Gasteiger partial charge is 0.229 e. The Balaban J connectivity index is 2.52. The lowest BCUT2D eigenvalue weighted by Crippen LogP contribution is -2.30. The fraction of sp³-hybridized carbons (Fsp3) is 0.250. The van der Waals surface area contributed by atoms with Gasteiger partial charge in [-0.2, -0.15) is 0 Å². The maximum atomic E-state index is 13.1. The summed E-state index contributed by atoms with van der Waals surface area (Å²) in [5.41, 5.74) is 2.16. The van der Waals surface area contributed by atoms with Gasteiger partial charge >= 0.3 is 0 Å². The first-order valence-corrected chi connectivity index (χ1v) is 6.97. The van der Waals surface area contributed by atoms with Crippen molar-refractivity contribution in [2.24, 2.45) is 5.92 Å². The average molecular weight is 307 g/mol. The summed E-state index contributed by atoms with van der Waals surface area (Å²) in [5.74, 6) is -0.471. The zero-order chi connectivity index (χ0) is 15.6. The highest BCUT2D eigenvalue weighted by molar-refractivity contribution is 6.29. The Kier molecular flexibility index (Phi) is 4.58. The first-order chi connectivity index (χ1) is 9.90. The van der Waals surface area contributed by atoms with Gasteiger partial charge in [0.25, 0.3) is 0 Å². The number of pyridine rings is 1. The summed E-state index contributed by atoms with van der Waals surface area (Å²) in [6.45, 7) is 3.67. The molecule has 0 spiro atoms. The van der Waals surface area contributed by atoms with Crippen molar-refractivity contribution in [3.05, 3.63) is 47.5 Å². The molecule has 0 bridgehead atoms. The Labute approximate surface area is 128 Å². The standard InChI is InChI=1S/C16H16ClFN2O/c1-10(2)16(21)20(3)14-9-19-15(17)8-13(14)11-4-6-12(18)7-5-11/h4-10H,1-3H3. The van der Waals surface area contributed by atoms with E-state index in [2.05, 4.69) is 4.98 Å². The third kappa shape index (κ3) is 3.39. The number of nitrogens with zero attached hydrogens (tertiary/aromatic N) is 2. The summed E-state index contributed by atoms with van der Waals surface area (Å²) < 4.78 is 13.1. The van der Waals surface area contributed by atoms with Crippen molar-refractivity contribution in [3.63, 3.8) is 0 Å². The second-order valence-corrected chi connectivity index (χ2v) is 5.47.